The van der Waals surface area contributed by atoms with Crippen molar-refractivity contribution in [3.63, 3.8) is 0 Å². The van der Waals surface area contributed by atoms with E-state index in [9.17, 15) is 0 Å². The van der Waals surface area contributed by atoms with Crippen LogP contribution in [-0.2, 0) is 5.41 Å². The van der Waals surface area contributed by atoms with Gasteiger partial charge in [0.25, 0.3) is 0 Å². The molecule has 0 nitrogen and oxygen atoms in total. The van der Waals surface area contributed by atoms with Crippen molar-refractivity contribution < 1.29 is 0 Å². The lowest BCUT2D eigenvalue weighted by Gasteiger charge is -2.23. The average Bonchev–Trinajstić information content (AvgIpc) is 3.32. The lowest BCUT2D eigenvalue weighted by Crippen LogP contribution is -2.14. The molecule has 224 valence electrons. The summed E-state index contributed by atoms with van der Waals surface area (Å²) in [5.41, 5.74) is 15.7. The van der Waals surface area contributed by atoms with Gasteiger partial charge in [0.2, 0.25) is 0 Å². The number of hydrogen-bond donors (Lipinski definition) is 0. The van der Waals surface area contributed by atoms with Gasteiger partial charge >= 0.3 is 0 Å². The van der Waals surface area contributed by atoms with Crippen LogP contribution in [0, 0.1) is 13.8 Å². The van der Waals surface area contributed by atoms with E-state index < -0.39 is 0 Å². The number of fused-ring (bicyclic) bond motifs is 6. The van der Waals surface area contributed by atoms with Gasteiger partial charge in [0.1, 0.15) is 0 Å². The van der Waals surface area contributed by atoms with Crippen LogP contribution >= 0.6 is 0 Å². The second kappa shape index (κ2) is 10.3. The molecule has 9 rings (SSSR count). The van der Waals surface area contributed by atoms with Crippen molar-refractivity contribution in [3.05, 3.63) is 168 Å². The van der Waals surface area contributed by atoms with Gasteiger partial charge in [0, 0.05) is 5.41 Å². The van der Waals surface area contributed by atoms with E-state index in [1.807, 2.05) is 0 Å². The number of aryl methyl sites for hydroxylation is 2. The minimum Gasteiger partial charge on any atom is -0.0619 e. The standard InChI is InChI=1S/C47H36/c1-29-20-23-34(30(2)26-29)46-40-17-8-7-16-39(40)45(33-22-24-38-37-15-9-10-19-43(37)47(3,4)44(38)28-33)42-27-32(21-25-41(42)46)36-18-11-13-31-12-5-6-14-35(31)36/h5-28H,1-4H3. The maximum Gasteiger partial charge on any atom is 0.0159 e. The Balaban J connectivity index is 1.40. The molecule has 0 saturated heterocycles. The van der Waals surface area contributed by atoms with E-state index in [-0.39, 0.29) is 5.41 Å². The van der Waals surface area contributed by atoms with Gasteiger partial charge in [-0.1, -0.05) is 153 Å². The Kier molecular flexibility index (Phi) is 6.08. The molecule has 47 heavy (non-hydrogen) atoms. The Morgan fingerprint density at radius 1 is 0.383 bits per heavy atom. The highest BCUT2D eigenvalue weighted by molar-refractivity contribution is 6.22. The molecule has 0 heteroatoms. The van der Waals surface area contributed by atoms with Crippen molar-refractivity contribution in [1.29, 1.82) is 0 Å². The van der Waals surface area contributed by atoms with E-state index >= 15 is 0 Å². The molecule has 0 unspecified atom stereocenters. The van der Waals surface area contributed by atoms with Gasteiger partial charge in [-0.15, -0.1) is 0 Å². The normalized spacial score (nSPS) is 13.3. The van der Waals surface area contributed by atoms with Crippen LogP contribution in [0.25, 0.3) is 76.8 Å². The molecule has 0 radical (unpaired) electrons. The van der Waals surface area contributed by atoms with E-state index in [4.69, 9.17) is 0 Å². The molecule has 0 aromatic heterocycles. The van der Waals surface area contributed by atoms with Gasteiger partial charge in [-0.05, 0) is 119 Å². The zero-order valence-electron chi connectivity index (χ0n) is 27.4. The number of rotatable bonds is 3. The summed E-state index contributed by atoms with van der Waals surface area (Å²) in [4.78, 5) is 0. The van der Waals surface area contributed by atoms with Crippen LogP contribution in [0.15, 0.2) is 146 Å². The fourth-order valence-electron chi connectivity index (χ4n) is 8.38. The highest BCUT2D eigenvalue weighted by atomic mass is 14.4. The smallest absolute Gasteiger partial charge is 0.0159 e. The summed E-state index contributed by atoms with van der Waals surface area (Å²) in [6, 6.07) is 54.6. The molecule has 1 aliphatic rings. The molecule has 0 atom stereocenters. The topological polar surface area (TPSA) is 0 Å². The van der Waals surface area contributed by atoms with Crippen LogP contribution in [-0.4, -0.2) is 0 Å². The first-order chi connectivity index (χ1) is 22.9. The molecule has 8 aromatic rings. The van der Waals surface area contributed by atoms with Crippen LogP contribution in [0.1, 0.15) is 36.1 Å². The maximum absolute atomic E-state index is 2.48. The first-order valence-electron chi connectivity index (χ1n) is 16.7. The van der Waals surface area contributed by atoms with Crippen molar-refractivity contribution in [1.82, 2.24) is 0 Å². The van der Waals surface area contributed by atoms with Crippen molar-refractivity contribution in [3.8, 4) is 44.5 Å². The average molecular weight is 601 g/mol. The molecule has 0 aliphatic heterocycles. The minimum atomic E-state index is -0.0688. The Morgan fingerprint density at radius 2 is 1.00 bits per heavy atom. The van der Waals surface area contributed by atoms with Crippen LogP contribution in [0.2, 0.25) is 0 Å². The summed E-state index contributed by atoms with van der Waals surface area (Å²) in [7, 11) is 0. The van der Waals surface area contributed by atoms with E-state index in [2.05, 4.69) is 173 Å². The lowest BCUT2D eigenvalue weighted by molar-refractivity contribution is 0.660. The molecule has 8 aromatic carbocycles. The molecule has 0 fully saturated rings. The molecule has 0 heterocycles. The van der Waals surface area contributed by atoms with E-state index in [1.165, 1.54) is 99.1 Å². The Hall–Kier alpha value is -5.46. The third-order valence-electron chi connectivity index (χ3n) is 10.6. The molecule has 0 saturated carbocycles. The predicted molar refractivity (Wildman–Crippen MR) is 202 cm³/mol. The van der Waals surface area contributed by atoms with Gasteiger partial charge in [-0.3, -0.25) is 0 Å². The second-order valence-electron chi connectivity index (χ2n) is 13.8. The van der Waals surface area contributed by atoms with Crippen molar-refractivity contribution in [2.75, 3.05) is 0 Å². The first-order valence-corrected chi connectivity index (χ1v) is 16.7. The molecule has 1 aliphatic carbocycles. The van der Waals surface area contributed by atoms with E-state index in [1.54, 1.807) is 0 Å². The van der Waals surface area contributed by atoms with Gasteiger partial charge < -0.3 is 0 Å². The molecule has 0 amide bonds. The Bertz CT molecular complexity index is 2560. The van der Waals surface area contributed by atoms with E-state index in [0.717, 1.165) is 0 Å². The lowest BCUT2D eigenvalue weighted by atomic mass is 9.80. The predicted octanol–water partition coefficient (Wildman–Crippen LogP) is 13.1. The number of hydrogen-bond acceptors (Lipinski definition) is 0. The summed E-state index contributed by atoms with van der Waals surface area (Å²) >= 11 is 0. The zero-order chi connectivity index (χ0) is 31.9. The summed E-state index contributed by atoms with van der Waals surface area (Å²) in [5.74, 6) is 0. The fraction of sp³-hybridized carbons (Fsp3) is 0.106. The maximum atomic E-state index is 2.48. The van der Waals surface area contributed by atoms with Crippen molar-refractivity contribution in [2.45, 2.75) is 33.1 Å². The highest BCUT2D eigenvalue weighted by Crippen LogP contribution is 2.51. The van der Waals surface area contributed by atoms with Crippen LogP contribution < -0.4 is 0 Å². The SMILES string of the molecule is Cc1ccc(-c2c3ccccc3c(-c3ccc4c(c3)C(C)(C)c3ccccc3-4)c3cc(-c4cccc5ccccc45)ccc23)c(C)c1. The van der Waals surface area contributed by atoms with Crippen LogP contribution in [0.3, 0.4) is 0 Å². The van der Waals surface area contributed by atoms with E-state index in [0.29, 0.717) is 0 Å². The Morgan fingerprint density at radius 3 is 1.83 bits per heavy atom. The molecular weight excluding hydrogens is 565 g/mol. The third kappa shape index (κ3) is 4.14. The van der Waals surface area contributed by atoms with Crippen molar-refractivity contribution >= 4 is 32.3 Å². The van der Waals surface area contributed by atoms with Crippen LogP contribution in [0.4, 0.5) is 0 Å². The van der Waals surface area contributed by atoms with Gasteiger partial charge in [0.15, 0.2) is 0 Å². The van der Waals surface area contributed by atoms with Gasteiger partial charge in [0.05, 0.1) is 0 Å². The summed E-state index contributed by atoms with van der Waals surface area (Å²) in [6.07, 6.45) is 0. The van der Waals surface area contributed by atoms with Crippen molar-refractivity contribution in [2.24, 2.45) is 0 Å². The summed E-state index contributed by atoms with van der Waals surface area (Å²) < 4.78 is 0. The molecular formula is C47H36. The summed E-state index contributed by atoms with van der Waals surface area (Å²) in [6.45, 7) is 9.18. The van der Waals surface area contributed by atoms with Crippen LogP contribution in [0.5, 0.6) is 0 Å². The third-order valence-corrected chi connectivity index (χ3v) is 10.6. The van der Waals surface area contributed by atoms with Gasteiger partial charge in [-0.25, -0.2) is 0 Å². The molecule has 0 spiro atoms. The first kappa shape index (κ1) is 27.8. The Labute approximate surface area is 277 Å². The zero-order valence-corrected chi connectivity index (χ0v) is 27.4. The molecule has 0 bridgehead atoms. The summed E-state index contributed by atoms with van der Waals surface area (Å²) in [5, 5.41) is 7.71. The van der Waals surface area contributed by atoms with Gasteiger partial charge in [-0.2, -0.15) is 0 Å². The minimum absolute atomic E-state index is 0.0688. The fourth-order valence-corrected chi connectivity index (χ4v) is 8.38. The quantitative estimate of drug-likeness (QED) is 0.177. The highest BCUT2D eigenvalue weighted by Gasteiger charge is 2.35. The molecule has 0 N–H and O–H groups in total. The largest absolute Gasteiger partial charge is 0.0619 e. The second-order valence-corrected chi connectivity index (χ2v) is 13.8. The number of benzene rings is 8. The monoisotopic (exact) mass is 600 g/mol.